The molecule has 1 aromatic rings. The van der Waals surface area contributed by atoms with E-state index in [1.165, 1.54) is 11.1 Å². The molecule has 0 spiro atoms. The highest BCUT2D eigenvalue weighted by Crippen LogP contribution is 2.12. The molecule has 0 aliphatic rings. The molecule has 1 amide bonds. The van der Waals surface area contributed by atoms with E-state index in [2.05, 4.69) is 32.0 Å². The Morgan fingerprint density at radius 1 is 1.38 bits per heavy atom. The largest absolute Gasteiger partial charge is 0.450 e. The van der Waals surface area contributed by atoms with Crippen LogP contribution >= 0.6 is 0 Å². The highest BCUT2D eigenvalue weighted by atomic mass is 16.5. The van der Waals surface area contributed by atoms with Crippen molar-refractivity contribution in [1.29, 1.82) is 0 Å². The smallest absolute Gasteiger partial charge is 0.409 e. The van der Waals surface area contributed by atoms with Crippen LogP contribution in [0.1, 0.15) is 23.6 Å². The molecule has 0 N–H and O–H groups in total. The first kappa shape index (κ1) is 12.6. The SMILES string of the molecule is CCOC(=O)N(C)Cc1ccc(C)cc1C. The van der Waals surface area contributed by atoms with E-state index in [9.17, 15) is 4.79 Å². The average Bonchev–Trinajstić information content (AvgIpc) is 2.22. The first-order valence-corrected chi connectivity index (χ1v) is 5.48. The number of carbonyl (C=O) groups is 1. The summed E-state index contributed by atoms with van der Waals surface area (Å²) in [5.41, 5.74) is 3.59. The average molecular weight is 221 g/mol. The quantitative estimate of drug-likeness (QED) is 0.785. The Kier molecular flexibility index (Phi) is 4.35. The van der Waals surface area contributed by atoms with Gasteiger partial charge in [-0.05, 0) is 31.9 Å². The van der Waals surface area contributed by atoms with Crippen molar-refractivity contribution >= 4 is 6.09 Å². The lowest BCUT2D eigenvalue weighted by Gasteiger charge is -2.17. The summed E-state index contributed by atoms with van der Waals surface area (Å²) in [5.74, 6) is 0. The Labute approximate surface area is 97.0 Å². The van der Waals surface area contributed by atoms with Gasteiger partial charge < -0.3 is 9.64 Å². The van der Waals surface area contributed by atoms with E-state index >= 15 is 0 Å². The summed E-state index contributed by atoms with van der Waals surface area (Å²) in [5, 5.41) is 0. The molecule has 0 radical (unpaired) electrons. The molecule has 0 saturated carbocycles. The van der Waals surface area contributed by atoms with Crippen LogP contribution in [-0.2, 0) is 11.3 Å². The van der Waals surface area contributed by atoms with Gasteiger partial charge in [0, 0.05) is 13.6 Å². The Balaban J connectivity index is 2.69. The maximum atomic E-state index is 11.4. The molecule has 0 aromatic heterocycles. The van der Waals surface area contributed by atoms with Crippen LogP contribution in [-0.4, -0.2) is 24.6 Å². The predicted octanol–water partition coefficient (Wildman–Crippen LogP) is 2.89. The van der Waals surface area contributed by atoms with Gasteiger partial charge in [0.15, 0.2) is 0 Å². The second kappa shape index (κ2) is 5.54. The molecular weight excluding hydrogens is 202 g/mol. The molecular formula is C13H19NO2. The summed E-state index contributed by atoms with van der Waals surface area (Å²) < 4.78 is 4.93. The third-order valence-electron chi connectivity index (χ3n) is 2.49. The standard InChI is InChI=1S/C13H19NO2/c1-5-16-13(15)14(4)9-12-7-6-10(2)8-11(12)3/h6-8H,5,9H2,1-4H3. The first-order chi connectivity index (χ1) is 7.54. The summed E-state index contributed by atoms with van der Waals surface area (Å²) in [6.07, 6.45) is -0.275. The van der Waals surface area contributed by atoms with Crippen molar-refractivity contribution in [3.63, 3.8) is 0 Å². The van der Waals surface area contributed by atoms with E-state index < -0.39 is 0 Å². The van der Waals surface area contributed by atoms with Crippen LogP contribution in [0.4, 0.5) is 4.79 Å². The maximum absolute atomic E-state index is 11.4. The van der Waals surface area contributed by atoms with Crippen LogP contribution in [0.15, 0.2) is 18.2 Å². The number of hydrogen-bond donors (Lipinski definition) is 0. The number of benzene rings is 1. The van der Waals surface area contributed by atoms with Gasteiger partial charge in [-0.15, -0.1) is 0 Å². The van der Waals surface area contributed by atoms with Gasteiger partial charge in [-0.2, -0.15) is 0 Å². The number of hydrogen-bond acceptors (Lipinski definition) is 2. The molecule has 0 atom stereocenters. The molecule has 3 nitrogen and oxygen atoms in total. The van der Waals surface area contributed by atoms with Crippen LogP contribution in [0.3, 0.4) is 0 Å². The first-order valence-electron chi connectivity index (χ1n) is 5.48. The van der Waals surface area contributed by atoms with E-state index in [1.54, 1.807) is 11.9 Å². The van der Waals surface area contributed by atoms with Crippen molar-refractivity contribution in [2.45, 2.75) is 27.3 Å². The zero-order valence-corrected chi connectivity index (χ0v) is 10.4. The summed E-state index contributed by atoms with van der Waals surface area (Å²) in [6, 6.07) is 6.23. The zero-order chi connectivity index (χ0) is 12.1. The van der Waals surface area contributed by atoms with Gasteiger partial charge in [-0.25, -0.2) is 4.79 Å². The fraction of sp³-hybridized carbons (Fsp3) is 0.462. The van der Waals surface area contributed by atoms with Gasteiger partial charge in [0.2, 0.25) is 0 Å². The molecule has 0 unspecified atom stereocenters. The lowest BCUT2D eigenvalue weighted by atomic mass is 10.1. The lowest BCUT2D eigenvalue weighted by Crippen LogP contribution is -2.27. The predicted molar refractivity (Wildman–Crippen MR) is 64.4 cm³/mol. The highest BCUT2D eigenvalue weighted by Gasteiger charge is 2.10. The van der Waals surface area contributed by atoms with Crippen LogP contribution in [0.25, 0.3) is 0 Å². The van der Waals surface area contributed by atoms with Crippen LogP contribution in [0, 0.1) is 13.8 Å². The van der Waals surface area contributed by atoms with Gasteiger partial charge in [0.1, 0.15) is 0 Å². The molecule has 16 heavy (non-hydrogen) atoms. The summed E-state index contributed by atoms with van der Waals surface area (Å²) in [6.45, 7) is 6.93. The lowest BCUT2D eigenvalue weighted by molar-refractivity contribution is 0.114. The fourth-order valence-corrected chi connectivity index (χ4v) is 1.58. The van der Waals surface area contributed by atoms with Gasteiger partial charge in [-0.1, -0.05) is 23.8 Å². The molecule has 0 saturated heterocycles. The van der Waals surface area contributed by atoms with Gasteiger partial charge in [-0.3, -0.25) is 0 Å². The van der Waals surface area contributed by atoms with Gasteiger partial charge in [0.05, 0.1) is 6.61 Å². The van der Waals surface area contributed by atoms with Gasteiger partial charge >= 0.3 is 6.09 Å². The monoisotopic (exact) mass is 221 g/mol. The van der Waals surface area contributed by atoms with E-state index in [0.29, 0.717) is 13.2 Å². The maximum Gasteiger partial charge on any atom is 0.409 e. The fourth-order valence-electron chi connectivity index (χ4n) is 1.58. The van der Waals surface area contributed by atoms with Gasteiger partial charge in [0.25, 0.3) is 0 Å². The minimum Gasteiger partial charge on any atom is -0.450 e. The zero-order valence-electron chi connectivity index (χ0n) is 10.4. The van der Waals surface area contributed by atoms with Crippen molar-refractivity contribution in [2.75, 3.05) is 13.7 Å². The Morgan fingerprint density at radius 3 is 2.62 bits per heavy atom. The topological polar surface area (TPSA) is 29.5 Å². The number of amides is 1. The molecule has 1 rings (SSSR count). The van der Waals surface area contributed by atoms with Crippen molar-refractivity contribution in [1.82, 2.24) is 4.90 Å². The van der Waals surface area contributed by atoms with E-state index in [4.69, 9.17) is 4.74 Å². The molecule has 3 heteroatoms. The number of ether oxygens (including phenoxy) is 1. The molecule has 88 valence electrons. The second-order valence-corrected chi connectivity index (χ2v) is 3.98. The third-order valence-corrected chi connectivity index (χ3v) is 2.49. The van der Waals surface area contributed by atoms with Crippen LogP contribution in [0.2, 0.25) is 0 Å². The van der Waals surface area contributed by atoms with Crippen molar-refractivity contribution < 1.29 is 9.53 Å². The molecule has 0 bridgehead atoms. The normalized spacial score (nSPS) is 10.0. The number of aryl methyl sites for hydroxylation is 2. The number of rotatable bonds is 3. The second-order valence-electron chi connectivity index (χ2n) is 3.98. The Bertz CT molecular complexity index is 374. The highest BCUT2D eigenvalue weighted by molar-refractivity contribution is 5.67. The van der Waals surface area contributed by atoms with E-state index in [-0.39, 0.29) is 6.09 Å². The van der Waals surface area contributed by atoms with Crippen molar-refractivity contribution in [2.24, 2.45) is 0 Å². The molecule has 0 heterocycles. The van der Waals surface area contributed by atoms with E-state index in [1.807, 2.05) is 6.92 Å². The molecule has 0 aliphatic heterocycles. The minimum atomic E-state index is -0.275. The number of carbonyl (C=O) groups excluding carboxylic acids is 1. The van der Waals surface area contributed by atoms with Crippen molar-refractivity contribution in [3.8, 4) is 0 Å². The van der Waals surface area contributed by atoms with E-state index in [0.717, 1.165) is 5.56 Å². The molecule has 1 aromatic carbocycles. The summed E-state index contributed by atoms with van der Waals surface area (Å²) in [7, 11) is 1.75. The molecule has 0 fully saturated rings. The minimum absolute atomic E-state index is 0.275. The third kappa shape index (κ3) is 3.26. The Hall–Kier alpha value is -1.51. The summed E-state index contributed by atoms with van der Waals surface area (Å²) >= 11 is 0. The number of nitrogens with zero attached hydrogens (tertiary/aromatic N) is 1. The van der Waals surface area contributed by atoms with Crippen LogP contribution < -0.4 is 0 Å². The van der Waals surface area contributed by atoms with Crippen molar-refractivity contribution in [3.05, 3.63) is 34.9 Å². The molecule has 0 aliphatic carbocycles. The summed E-state index contributed by atoms with van der Waals surface area (Å²) in [4.78, 5) is 13.0. The Morgan fingerprint density at radius 2 is 2.06 bits per heavy atom. The van der Waals surface area contributed by atoms with Crippen LogP contribution in [0.5, 0.6) is 0 Å².